The highest BCUT2D eigenvalue weighted by atomic mass is 32.2. The molecular formula is C28H26N4O6S. The van der Waals surface area contributed by atoms with Crippen LogP contribution in [0.25, 0.3) is 10.9 Å². The van der Waals surface area contributed by atoms with E-state index < -0.39 is 27.8 Å². The number of amides is 1. The van der Waals surface area contributed by atoms with Crippen LogP contribution in [-0.2, 0) is 24.4 Å². The number of ether oxygens (including phenoxy) is 1. The van der Waals surface area contributed by atoms with E-state index in [1.807, 2.05) is 13.8 Å². The van der Waals surface area contributed by atoms with Crippen molar-refractivity contribution in [1.82, 2.24) is 3.97 Å². The van der Waals surface area contributed by atoms with Crippen LogP contribution in [0.3, 0.4) is 0 Å². The zero-order valence-electron chi connectivity index (χ0n) is 21.7. The van der Waals surface area contributed by atoms with Crippen LogP contribution >= 0.6 is 0 Å². The summed E-state index contributed by atoms with van der Waals surface area (Å²) in [6, 6.07) is 18.0. The number of benzene rings is 3. The number of carbonyl (C=O) groups is 2. The van der Waals surface area contributed by atoms with E-state index in [0.717, 1.165) is 16.1 Å². The molecular weight excluding hydrogens is 520 g/mol. The molecule has 0 aliphatic carbocycles. The van der Waals surface area contributed by atoms with E-state index in [1.165, 1.54) is 11.1 Å². The summed E-state index contributed by atoms with van der Waals surface area (Å²) in [5.74, 6) is -2.33. The van der Waals surface area contributed by atoms with Gasteiger partial charge in [-0.2, -0.15) is 10.1 Å². The van der Waals surface area contributed by atoms with Crippen LogP contribution in [0.15, 0.2) is 82.9 Å². The van der Waals surface area contributed by atoms with Crippen LogP contribution in [0, 0.1) is 19.8 Å². The van der Waals surface area contributed by atoms with Crippen molar-refractivity contribution < 1.29 is 27.6 Å². The first kappa shape index (κ1) is 26.1. The second kappa shape index (κ2) is 10.0. The fourth-order valence-corrected chi connectivity index (χ4v) is 5.83. The number of hydrogen-bond donors (Lipinski definition) is 1. The zero-order valence-corrected chi connectivity index (χ0v) is 22.5. The number of nitrogens with zero attached hydrogens (tertiary/aromatic N) is 3. The van der Waals surface area contributed by atoms with Gasteiger partial charge in [-0.15, -0.1) is 0 Å². The van der Waals surface area contributed by atoms with E-state index in [0.29, 0.717) is 22.3 Å². The predicted octanol–water partition coefficient (Wildman–Crippen LogP) is 4.41. The highest BCUT2D eigenvalue weighted by Crippen LogP contribution is 2.32. The number of aromatic nitrogens is 1. The van der Waals surface area contributed by atoms with Crippen LogP contribution in [-0.4, -0.2) is 37.1 Å². The predicted molar refractivity (Wildman–Crippen MR) is 147 cm³/mol. The van der Waals surface area contributed by atoms with Gasteiger partial charge in [-0.25, -0.2) is 12.4 Å². The molecule has 200 valence electrons. The highest BCUT2D eigenvalue weighted by molar-refractivity contribution is 7.90. The van der Waals surface area contributed by atoms with E-state index in [-0.39, 0.29) is 16.4 Å². The molecule has 3 aromatic carbocycles. The maximum absolute atomic E-state index is 13.5. The Labute approximate surface area is 225 Å². The number of esters is 1. The maximum Gasteiger partial charge on any atom is 0.329 e. The van der Waals surface area contributed by atoms with Gasteiger partial charge in [0.25, 0.3) is 15.9 Å². The zero-order chi connectivity index (χ0) is 27.9. The third-order valence-corrected chi connectivity index (χ3v) is 8.12. The van der Waals surface area contributed by atoms with Crippen LogP contribution in [0.2, 0.25) is 0 Å². The van der Waals surface area contributed by atoms with Crippen molar-refractivity contribution in [3.8, 4) is 5.75 Å². The Balaban J connectivity index is 1.44. The van der Waals surface area contributed by atoms with Crippen molar-refractivity contribution in [1.29, 1.82) is 0 Å². The van der Waals surface area contributed by atoms with E-state index in [4.69, 9.17) is 9.57 Å². The summed E-state index contributed by atoms with van der Waals surface area (Å²) in [5.41, 5.74) is 6.01. The second-order valence-corrected chi connectivity index (χ2v) is 11.0. The number of aryl methyl sites for hydroxylation is 2. The molecule has 1 N–H and O–H groups in total. The molecule has 1 unspecified atom stereocenters. The summed E-state index contributed by atoms with van der Waals surface area (Å²) in [6.45, 7) is 5.27. The van der Waals surface area contributed by atoms with Gasteiger partial charge in [0, 0.05) is 11.6 Å². The molecule has 0 radical (unpaired) electrons. The Morgan fingerprint density at radius 2 is 1.67 bits per heavy atom. The largest absolute Gasteiger partial charge is 0.426 e. The van der Waals surface area contributed by atoms with Crippen LogP contribution in [0.5, 0.6) is 5.75 Å². The minimum atomic E-state index is -3.90. The van der Waals surface area contributed by atoms with Crippen molar-refractivity contribution in [2.24, 2.45) is 11.0 Å². The van der Waals surface area contributed by atoms with Gasteiger partial charge in [-0.3, -0.25) is 19.9 Å². The molecule has 1 aliphatic rings. The van der Waals surface area contributed by atoms with Gasteiger partial charge in [0.05, 0.1) is 34.6 Å². The molecule has 2 heterocycles. The minimum Gasteiger partial charge on any atom is -0.426 e. The lowest BCUT2D eigenvalue weighted by molar-refractivity contribution is -0.140. The van der Waals surface area contributed by atoms with Gasteiger partial charge in [0.2, 0.25) is 0 Å². The topological polar surface area (TPSA) is 119 Å². The first-order valence-electron chi connectivity index (χ1n) is 12.0. The summed E-state index contributed by atoms with van der Waals surface area (Å²) in [4.78, 5) is 31.2. The summed E-state index contributed by atoms with van der Waals surface area (Å²) in [6.07, 6.45) is 1.55. The summed E-state index contributed by atoms with van der Waals surface area (Å²) in [7, 11) is -2.42. The van der Waals surface area contributed by atoms with Crippen LogP contribution in [0.1, 0.15) is 18.1 Å². The first-order chi connectivity index (χ1) is 18.6. The lowest BCUT2D eigenvalue weighted by Gasteiger charge is -2.15. The average molecular weight is 547 g/mol. The smallest absolute Gasteiger partial charge is 0.329 e. The van der Waals surface area contributed by atoms with E-state index >= 15 is 0 Å². The van der Waals surface area contributed by atoms with Crippen molar-refractivity contribution in [2.45, 2.75) is 25.7 Å². The molecule has 1 amide bonds. The molecule has 0 saturated carbocycles. The van der Waals surface area contributed by atoms with Gasteiger partial charge in [-0.1, -0.05) is 23.8 Å². The van der Waals surface area contributed by atoms with Gasteiger partial charge in [0.1, 0.15) is 5.75 Å². The Morgan fingerprint density at radius 3 is 2.33 bits per heavy atom. The van der Waals surface area contributed by atoms with Gasteiger partial charge >= 0.3 is 5.97 Å². The lowest BCUT2D eigenvalue weighted by Crippen LogP contribution is -2.35. The molecule has 10 nitrogen and oxygen atoms in total. The number of carbonyl (C=O) groups excluding carboxylic acids is 2. The fourth-order valence-electron chi connectivity index (χ4n) is 4.41. The summed E-state index contributed by atoms with van der Waals surface area (Å²) >= 11 is 0. The molecule has 5 rings (SSSR count). The van der Waals surface area contributed by atoms with Crippen LogP contribution in [0.4, 0.5) is 11.4 Å². The number of fused-ring (bicyclic) bond motifs is 1. The third kappa shape index (κ3) is 4.77. The van der Waals surface area contributed by atoms with Crippen molar-refractivity contribution in [3.63, 3.8) is 0 Å². The quantitative estimate of drug-likeness (QED) is 0.158. The molecule has 1 atom stereocenters. The Bertz CT molecular complexity index is 1720. The van der Waals surface area contributed by atoms with E-state index in [9.17, 15) is 18.0 Å². The molecule has 4 aromatic rings. The monoisotopic (exact) mass is 546 g/mol. The number of hydrogen-bond acceptors (Lipinski definition) is 8. The first-order valence-corrected chi connectivity index (χ1v) is 13.5. The standard InChI is InChI=1S/C28H26N4O6S/c1-17-5-12-23(13-6-17)39(35,36)31-16-18(2)24-14-9-21(15-25(24)31)32-27(33)26(19(3)29-32)28(34)38-22-10-7-20(8-11-22)30-37-4/h5-16,26,30H,1-4H3. The number of nitrogens with one attached hydrogen (secondary N) is 1. The Kier molecular flexibility index (Phi) is 6.71. The number of anilines is 2. The SMILES string of the molecule is CONc1ccc(OC(=O)C2C(=O)N(c3ccc4c(C)cn(S(=O)(=O)c5ccc(C)cc5)c4c3)N=C2C)cc1. The second-order valence-electron chi connectivity index (χ2n) is 9.20. The highest BCUT2D eigenvalue weighted by Gasteiger charge is 2.41. The molecule has 0 bridgehead atoms. The molecule has 0 saturated heterocycles. The number of rotatable bonds is 7. The summed E-state index contributed by atoms with van der Waals surface area (Å²) < 4.78 is 33.6. The maximum atomic E-state index is 13.5. The normalized spacial score (nSPS) is 15.5. The van der Waals surface area contributed by atoms with Gasteiger partial charge < -0.3 is 4.74 Å². The van der Waals surface area contributed by atoms with E-state index in [2.05, 4.69) is 10.6 Å². The lowest BCUT2D eigenvalue weighted by atomic mass is 10.1. The molecule has 1 aromatic heterocycles. The summed E-state index contributed by atoms with van der Waals surface area (Å²) in [5, 5.41) is 6.13. The average Bonchev–Trinajstić information content (AvgIpc) is 3.41. The third-order valence-electron chi connectivity index (χ3n) is 6.44. The molecule has 0 spiro atoms. The van der Waals surface area contributed by atoms with Gasteiger partial charge in [0.15, 0.2) is 5.92 Å². The fraction of sp³-hybridized carbons (Fsp3) is 0.179. The van der Waals surface area contributed by atoms with Gasteiger partial charge in [-0.05, 0) is 74.9 Å². The molecule has 1 aliphatic heterocycles. The molecule has 11 heteroatoms. The Morgan fingerprint density at radius 1 is 0.974 bits per heavy atom. The number of hydrazone groups is 1. The molecule has 0 fully saturated rings. The minimum absolute atomic E-state index is 0.148. The Hall–Kier alpha value is -4.48. The van der Waals surface area contributed by atoms with Crippen molar-refractivity contribution in [2.75, 3.05) is 17.6 Å². The van der Waals surface area contributed by atoms with Crippen molar-refractivity contribution in [3.05, 3.63) is 84.1 Å². The molecule has 39 heavy (non-hydrogen) atoms. The van der Waals surface area contributed by atoms with Crippen molar-refractivity contribution >= 4 is 49.9 Å². The van der Waals surface area contributed by atoms with E-state index in [1.54, 1.807) is 79.9 Å². The van der Waals surface area contributed by atoms with Crippen LogP contribution < -0.4 is 15.2 Å².